The number of aromatic amines is 1. The number of benzene rings is 2. The van der Waals surface area contributed by atoms with Crippen LogP contribution < -0.4 is 14.8 Å². The molecule has 2 heterocycles. The number of carbonyl (C=O) groups excluding carboxylic acids is 1. The number of carbonyl (C=O) groups is 1. The predicted octanol–water partition coefficient (Wildman–Crippen LogP) is 3.44. The molecule has 0 bridgehead atoms. The van der Waals surface area contributed by atoms with Crippen molar-refractivity contribution in [1.29, 1.82) is 0 Å². The number of H-pyrrole nitrogens is 1. The lowest BCUT2D eigenvalue weighted by Gasteiger charge is -2.05. The van der Waals surface area contributed by atoms with Gasteiger partial charge in [0, 0.05) is 17.5 Å². The number of anilines is 1. The van der Waals surface area contributed by atoms with Crippen molar-refractivity contribution >= 4 is 43.5 Å². The molecule has 0 aliphatic rings. The highest BCUT2D eigenvalue weighted by Crippen LogP contribution is 2.36. The van der Waals surface area contributed by atoms with Crippen LogP contribution in [0.3, 0.4) is 0 Å². The van der Waals surface area contributed by atoms with Gasteiger partial charge >= 0.3 is 0 Å². The Morgan fingerprint density at radius 1 is 1.16 bits per heavy atom. The number of thiazole rings is 1. The van der Waals surface area contributed by atoms with E-state index in [1.54, 1.807) is 20.3 Å². The molecule has 2 aromatic carbocycles. The fourth-order valence-corrected chi connectivity index (χ4v) is 3.47. The number of rotatable bonds is 4. The summed E-state index contributed by atoms with van der Waals surface area (Å²) in [5.41, 5.74) is 1.88. The van der Waals surface area contributed by atoms with Crippen molar-refractivity contribution in [3.05, 3.63) is 42.1 Å². The van der Waals surface area contributed by atoms with E-state index in [1.807, 2.05) is 30.3 Å². The van der Waals surface area contributed by atoms with E-state index >= 15 is 0 Å². The molecule has 0 saturated heterocycles. The van der Waals surface area contributed by atoms with Crippen molar-refractivity contribution in [2.24, 2.45) is 0 Å². The maximum Gasteiger partial charge on any atom is 0.278 e. The third-order valence-electron chi connectivity index (χ3n) is 3.80. The maximum absolute atomic E-state index is 12.5. The second-order valence-corrected chi connectivity index (χ2v) is 6.30. The molecule has 1 amide bonds. The number of hydrogen-bond acceptors (Lipinski definition) is 6. The average Bonchev–Trinajstić information content (AvgIpc) is 3.23. The molecule has 7 nitrogen and oxygen atoms in total. The van der Waals surface area contributed by atoms with Crippen molar-refractivity contribution in [2.45, 2.75) is 0 Å². The highest BCUT2D eigenvalue weighted by atomic mass is 32.1. The molecule has 4 aromatic rings. The van der Waals surface area contributed by atoms with Crippen LogP contribution in [-0.4, -0.2) is 35.3 Å². The second kappa shape index (κ2) is 6.06. The van der Waals surface area contributed by atoms with Crippen LogP contribution in [0.1, 0.15) is 10.5 Å². The summed E-state index contributed by atoms with van der Waals surface area (Å²) >= 11 is 1.36. The van der Waals surface area contributed by atoms with E-state index in [4.69, 9.17) is 9.47 Å². The van der Waals surface area contributed by atoms with Crippen molar-refractivity contribution in [2.75, 3.05) is 19.5 Å². The van der Waals surface area contributed by atoms with Gasteiger partial charge in [0.05, 0.1) is 30.0 Å². The van der Waals surface area contributed by atoms with Gasteiger partial charge in [0.2, 0.25) is 0 Å². The van der Waals surface area contributed by atoms with E-state index < -0.39 is 0 Å². The Hall–Kier alpha value is -3.13. The summed E-state index contributed by atoms with van der Waals surface area (Å²) in [7, 11) is 3.15. The Balaban J connectivity index is 1.67. The summed E-state index contributed by atoms with van der Waals surface area (Å²) in [6.45, 7) is 0. The van der Waals surface area contributed by atoms with Crippen molar-refractivity contribution < 1.29 is 14.3 Å². The zero-order valence-electron chi connectivity index (χ0n) is 13.5. The van der Waals surface area contributed by atoms with Gasteiger partial charge in [-0.2, -0.15) is 5.10 Å². The third kappa shape index (κ3) is 2.66. The van der Waals surface area contributed by atoms with E-state index in [9.17, 15) is 4.79 Å². The minimum Gasteiger partial charge on any atom is -0.493 e. The van der Waals surface area contributed by atoms with E-state index in [1.165, 1.54) is 11.3 Å². The predicted molar refractivity (Wildman–Crippen MR) is 96.8 cm³/mol. The molecule has 0 fully saturated rings. The monoisotopic (exact) mass is 354 g/mol. The summed E-state index contributed by atoms with van der Waals surface area (Å²) < 4.78 is 11.5. The molecule has 0 unspecified atom stereocenters. The molecule has 126 valence electrons. The van der Waals surface area contributed by atoms with Crippen LogP contribution in [0.4, 0.5) is 5.13 Å². The van der Waals surface area contributed by atoms with E-state index in [0.717, 1.165) is 21.1 Å². The number of para-hydroxylation sites is 1. The molecule has 0 aliphatic heterocycles. The quantitative estimate of drug-likeness (QED) is 0.586. The molecule has 2 N–H and O–H groups in total. The first-order valence-electron chi connectivity index (χ1n) is 7.46. The Morgan fingerprint density at radius 3 is 2.72 bits per heavy atom. The van der Waals surface area contributed by atoms with Gasteiger partial charge in [0.1, 0.15) is 0 Å². The molecule has 25 heavy (non-hydrogen) atoms. The van der Waals surface area contributed by atoms with Crippen LogP contribution >= 0.6 is 11.3 Å². The first kappa shape index (κ1) is 15.4. The molecule has 0 saturated carbocycles. The van der Waals surface area contributed by atoms with Gasteiger partial charge in [0.25, 0.3) is 5.91 Å². The van der Waals surface area contributed by atoms with Crippen LogP contribution in [0, 0.1) is 0 Å². The highest BCUT2D eigenvalue weighted by Gasteiger charge is 2.17. The number of methoxy groups -OCH3 is 2. The largest absolute Gasteiger partial charge is 0.493 e. The van der Waals surface area contributed by atoms with Crippen LogP contribution in [-0.2, 0) is 0 Å². The first-order chi connectivity index (χ1) is 12.2. The lowest BCUT2D eigenvalue weighted by atomic mass is 10.2. The molecule has 2 aromatic heterocycles. The van der Waals surface area contributed by atoms with E-state index in [-0.39, 0.29) is 5.91 Å². The number of aromatic nitrogens is 3. The fourth-order valence-electron chi connectivity index (χ4n) is 2.60. The Labute approximate surface area is 146 Å². The molecule has 8 heteroatoms. The van der Waals surface area contributed by atoms with E-state index in [2.05, 4.69) is 20.5 Å². The number of nitrogens with one attached hydrogen (secondary N) is 2. The van der Waals surface area contributed by atoms with Gasteiger partial charge in [0.15, 0.2) is 22.3 Å². The summed E-state index contributed by atoms with van der Waals surface area (Å²) in [5.74, 6) is 0.904. The van der Waals surface area contributed by atoms with Crippen molar-refractivity contribution in [3.8, 4) is 11.5 Å². The maximum atomic E-state index is 12.5. The van der Waals surface area contributed by atoms with Crippen molar-refractivity contribution in [3.63, 3.8) is 0 Å². The molecule has 0 atom stereocenters. The average molecular weight is 354 g/mol. The third-order valence-corrected chi connectivity index (χ3v) is 4.73. The van der Waals surface area contributed by atoms with Crippen LogP contribution in [0.15, 0.2) is 36.4 Å². The van der Waals surface area contributed by atoms with Crippen molar-refractivity contribution in [1.82, 2.24) is 15.2 Å². The van der Waals surface area contributed by atoms with Crippen LogP contribution in [0.25, 0.3) is 21.1 Å². The number of amides is 1. The lowest BCUT2D eigenvalue weighted by Crippen LogP contribution is -2.12. The SMILES string of the molecule is COc1cc2nc(NC(=O)c3n[nH]c4ccccc34)sc2cc1OC. The zero-order chi connectivity index (χ0) is 17.4. The number of hydrogen-bond donors (Lipinski definition) is 2. The number of ether oxygens (including phenoxy) is 2. The second-order valence-electron chi connectivity index (χ2n) is 5.27. The standard InChI is InChI=1S/C17H14N4O3S/c1-23-12-7-11-14(8-13(12)24-2)25-17(18-11)19-16(22)15-9-5-3-4-6-10(9)20-21-15/h3-8H,1-2H3,(H,20,21)(H,18,19,22). The first-order valence-corrected chi connectivity index (χ1v) is 8.28. The van der Waals surface area contributed by atoms with Gasteiger partial charge in [-0.15, -0.1) is 0 Å². The minimum absolute atomic E-state index is 0.310. The van der Waals surface area contributed by atoms with Gasteiger partial charge in [-0.25, -0.2) is 4.98 Å². The van der Waals surface area contributed by atoms with Gasteiger partial charge < -0.3 is 9.47 Å². The summed E-state index contributed by atoms with van der Waals surface area (Å²) in [6.07, 6.45) is 0. The Bertz CT molecular complexity index is 1050. The molecule has 0 radical (unpaired) electrons. The minimum atomic E-state index is -0.310. The molecule has 0 aliphatic carbocycles. The van der Waals surface area contributed by atoms with Crippen LogP contribution in [0.2, 0.25) is 0 Å². The molecule has 0 spiro atoms. The molecular formula is C17H14N4O3S. The highest BCUT2D eigenvalue weighted by molar-refractivity contribution is 7.22. The lowest BCUT2D eigenvalue weighted by molar-refractivity contribution is 0.102. The number of nitrogens with zero attached hydrogens (tertiary/aromatic N) is 2. The summed E-state index contributed by atoms with van der Waals surface area (Å²) in [5, 5.41) is 11.0. The van der Waals surface area contributed by atoms with Gasteiger partial charge in [-0.05, 0) is 6.07 Å². The van der Waals surface area contributed by atoms with Gasteiger partial charge in [-0.1, -0.05) is 29.5 Å². The fraction of sp³-hybridized carbons (Fsp3) is 0.118. The summed E-state index contributed by atoms with van der Waals surface area (Å²) in [6, 6.07) is 11.1. The molecule has 4 rings (SSSR count). The topological polar surface area (TPSA) is 89.1 Å². The van der Waals surface area contributed by atoms with Crippen LogP contribution in [0.5, 0.6) is 11.5 Å². The number of fused-ring (bicyclic) bond motifs is 2. The normalized spacial score (nSPS) is 11.0. The van der Waals surface area contributed by atoms with E-state index in [0.29, 0.717) is 22.3 Å². The molecular weight excluding hydrogens is 340 g/mol. The Morgan fingerprint density at radius 2 is 1.92 bits per heavy atom. The smallest absolute Gasteiger partial charge is 0.278 e. The summed E-state index contributed by atoms with van der Waals surface area (Å²) in [4.78, 5) is 17.0. The Kier molecular flexibility index (Phi) is 3.73. The zero-order valence-corrected chi connectivity index (χ0v) is 14.3. The van der Waals surface area contributed by atoms with Gasteiger partial charge in [-0.3, -0.25) is 15.2 Å².